The van der Waals surface area contributed by atoms with Crippen molar-refractivity contribution in [2.24, 2.45) is 0 Å². The number of ether oxygens (including phenoxy) is 2. The quantitative estimate of drug-likeness (QED) is 0.615. The SMILES string of the molecule is CCOc1cc(C(C)(C)C)cc(-c2cn3cc(CC(=O)O)sc3n2)c1OCC. The molecule has 0 aliphatic rings. The minimum Gasteiger partial charge on any atom is -0.490 e. The van der Waals surface area contributed by atoms with Crippen LogP contribution in [0.3, 0.4) is 0 Å². The lowest BCUT2D eigenvalue weighted by Gasteiger charge is -2.23. The van der Waals surface area contributed by atoms with E-state index in [1.807, 2.05) is 36.7 Å². The first-order valence-electron chi connectivity index (χ1n) is 9.36. The highest BCUT2D eigenvalue weighted by atomic mass is 32.1. The van der Waals surface area contributed by atoms with Gasteiger partial charge < -0.3 is 14.6 Å². The monoisotopic (exact) mass is 402 g/mol. The molecule has 28 heavy (non-hydrogen) atoms. The van der Waals surface area contributed by atoms with Gasteiger partial charge in [-0.15, -0.1) is 11.3 Å². The first-order valence-corrected chi connectivity index (χ1v) is 10.2. The number of carbonyl (C=O) groups is 1. The van der Waals surface area contributed by atoms with Gasteiger partial charge in [-0.25, -0.2) is 4.98 Å². The normalized spacial score (nSPS) is 11.8. The number of benzene rings is 1. The van der Waals surface area contributed by atoms with E-state index in [9.17, 15) is 4.79 Å². The largest absolute Gasteiger partial charge is 0.490 e. The number of carboxylic acid groups (broad SMARTS) is 1. The van der Waals surface area contributed by atoms with Crippen molar-refractivity contribution in [1.29, 1.82) is 0 Å². The van der Waals surface area contributed by atoms with Crippen molar-refractivity contribution in [3.05, 3.63) is 35.0 Å². The van der Waals surface area contributed by atoms with Gasteiger partial charge in [-0.05, 0) is 37.0 Å². The van der Waals surface area contributed by atoms with Gasteiger partial charge >= 0.3 is 5.97 Å². The molecule has 0 aliphatic carbocycles. The summed E-state index contributed by atoms with van der Waals surface area (Å²) in [6, 6.07) is 4.15. The van der Waals surface area contributed by atoms with Crippen molar-refractivity contribution in [2.45, 2.75) is 46.5 Å². The molecule has 0 unspecified atom stereocenters. The summed E-state index contributed by atoms with van der Waals surface area (Å²) in [6.07, 6.45) is 3.74. The van der Waals surface area contributed by atoms with E-state index in [1.54, 1.807) is 0 Å². The standard InChI is InChI=1S/C21H26N2O4S/c1-6-26-17-9-13(21(3,4)5)8-15(19(17)27-7-2)16-12-23-11-14(10-18(24)25)28-20(23)22-16/h8-9,11-12H,6-7,10H2,1-5H3,(H,24,25). The van der Waals surface area contributed by atoms with E-state index >= 15 is 0 Å². The first kappa shape index (κ1) is 20.2. The van der Waals surface area contributed by atoms with Crippen molar-refractivity contribution >= 4 is 22.3 Å². The number of hydrogen-bond donors (Lipinski definition) is 1. The molecule has 0 saturated heterocycles. The Morgan fingerprint density at radius 2 is 1.89 bits per heavy atom. The fourth-order valence-electron chi connectivity index (χ4n) is 2.99. The summed E-state index contributed by atoms with van der Waals surface area (Å²) in [4.78, 5) is 17.2. The van der Waals surface area contributed by atoms with Crippen LogP contribution < -0.4 is 9.47 Å². The van der Waals surface area contributed by atoms with Gasteiger partial charge in [0.15, 0.2) is 16.5 Å². The average molecular weight is 403 g/mol. The van der Waals surface area contributed by atoms with Gasteiger partial charge in [0.05, 0.1) is 25.3 Å². The number of aliphatic carboxylic acids is 1. The van der Waals surface area contributed by atoms with E-state index in [4.69, 9.17) is 19.6 Å². The summed E-state index contributed by atoms with van der Waals surface area (Å²) in [6.45, 7) is 11.4. The molecule has 6 nitrogen and oxygen atoms in total. The van der Waals surface area contributed by atoms with Crippen LogP contribution in [0.2, 0.25) is 0 Å². The third kappa shape index (κ3) is 4.14. The first-order chi connectivity index (χ1) is 13.2. The number of imidazole rings is 1. The van der Waals surface area contributed by atoms with Gasteiger partial charge in [-0.3, -0.25) is 9.20 Å². The Hall–Kier alpha value is -2.54. The van der Waals surface area contributed by atoms with Crippen LogP contribution in [0.5, 0.6) is 11.5 Å². The van der Waals surface area contributed by atoms with E-state index in [1.165, 1.54) is 11.3 Å². The number of carboxylic acids is 1. The molecule has 0 fully saturated rings. The molecule has 2 aromatic heterocycles. The molecule has 3 aromatic rings. The van der Waals surface area contributed by atoms with Gasteiger partial charge in [0.2, 0.25) is 0 Å². The highest BCUT2D eigenvalue weighted by Crippen LogP contribution is 2.42. The Morgan fingerprint density at radius 3 is 2.46 bits per heavy atom. The minimum absolute atomic E-state index is 0.00154. The zero-order valence-electron chi connectivity index (χ0n) is 16.9. The molecular weight excluding hydrogens is 376 g/mol. The number of rotatable bonds is 7. The van der Waals surface area contributed by atoms with Crippen LogP contribution in [0.4, 0.5) is 0 Å². The molecule has 0 spiro atoms. The van der Waals surface area contributed by atoms with Gasteiger partial charge in [-0.1, -0.05) is 20.8 Å². The molecule has 0 saturated carbocycles. The molecule has 0 atom stereocenters. The van der Waals surface area contributed by atoms with Gasteiger partial charge in [0.25, 0.3) is 0 Å². The summed E-state index contributed by atoms with van der Waals surface area (Å²) in [5.74, 6) is 0.561. The molecule has 2 heterocycles. The van der Waals surface area contributed by atoms with Crippen LogP contribution >= 0.6 is 11.3 Å². The van der Waals surface area contributed by atoms with E-state index in [2.05, 4.69) is 26.8 Å². The smallest absolute Gasteiger partial charge is 0.308 e. The Balaban J connectivity index is 2.14. The van der Waals surface area contributed by atoms with E-state index < -0.39 is 5.97 Å². The zero-order chi connectivity index (χ0) is 20.5. The van der Waals surface area contributed by atoms with E-state index in [0.717, 1.165) is 32.4 Å². The van der Waals surface area contributed by atoms with Crippen molar-refractivity contribution in [3.63, 3.8) is 0 Å². The zero-order valence-corrected chi connectivity index (χ0v) is 17.7. The Bertz CT molecular complexity index is 966. The van der Waals surface area contributed by atoms with Crippen LogP contribution in [-0.4, -0.2) is 33.7 Å². The summed E-state index contributed by atoms with van der Waals surface area (Å²) < 4.78 is 13.7. The predicted molar refractivity (Wildman–Crippen MR) is 111 cm³/mol. The Kier molecular flexibility index (Phi) is 5.65. The number of nitrogens with zero attached hydrogens (tertiary/aromatic N) is 2. The molecule has 1 N–H and O–H groups in total. The number of aromatic nitrogens is 2. The van der Waals surface area contributed by atoms with Crippen LogP contribution in [0.25, 0.3) is 16.2 Å². The fraction of sp³-hybridized carbons (Fsp3) is 0.429. The molecule has 0 bridgehead atoms. The van der Waals surface area contributed by atoms with Crippen molar-refractivity contribution in [2.75, 3.05) is 13.2 Å². The summed E-state index contributed by atoms with van der Waals surface area (Å²) in [5, 5.41) is 8.99. The van der Waals surface area contributed by atoms with Crippen molar-refractivity contribution in [1.82, 2.24) is 9.38 Å². The number of thiazole rings is 1. The van der Waals surface area contributed by atoms with Crippen LogP contribution in [0.15, 0.2) is 24.5 Å². The highest BCUT2D eigenvalue weighted by Gasteiger charge is 2.23. The third-order valence-electron chi connectivity index (χ3n) is 4.31. The molecule has 0 aliphatic heterocycles. The molecular formula is C21H26N2O4S. The fourth-order valence-corrected chi connectivity index (χ4v) is 3.94. The van der Waals surface area contributed by atoms with Crippen LogP contribution in [-0.2, 0) is 16.6 Å². The Labute approximate surface area is 168 Å². The minimum atomic E-state index is -0.845. The lowest BCUT2D eigenvalue weighted by Crippen LogP contribution is -2.12. The van der Waals surface area contributed by atoms with Gasteiger partial charge in [0, 0.05) is 22.8 Å². The summed E-state index contributed by atoms with van der Waals surface area (Å²) in [5.41, 5.74) is 2.74. The second-order valence-electron chi connectivity index (χ2n) is 7.55. The number of hydrogen-bond acceptors (Lipinski definition) is 5. The lowest BCUT2D eigenvalue weighted by atomic mass is 9.85. The van der Waals surface area contributed by atoms with Crippen molar-refractivity contribution < 1.29 is 19.4 Å². The molecule has 0 radical (unpaired) electrons. The van der Waals surface area contributed by atoms with Gasteiger partial charge in [0.1, 0.15) is 0 Å². The summed E-state index contributed by atoms with van der Waals surface area (Å²) >= 11 is 1.38. The second kappa shape index (κ2) is 7.83. The second-order valence-corrected chi connectivity index (χ2v) is 8.64. The molecule has 150 valence electrons. The maximum Gasteiger partial charge on any atom is 0.308 e. The topological polar surface area (TPSA) is 73.1 Å². The Morgan fingerprint density at radius 1 is 1.18 bits per heavy atom. The summed E-state index contributed by atoms with van der Waals surface area (Å²) in [7, 11) is 0. The van der Waals surface area contributed by atoms with E-state index in [-0.39, 0.29) is 11.8 Å². The van der Waals surface area contributed by atoms with E-state index in [0.29, 0.717) is 19.0 Å². The lowest BCUT2D eigenvalue weighted by molar-refractivity contribution is -0.136. The van der Waals surface area contributed by atoms with Crippen molar-refractivity contribution in [3.8, 4) is 22.8 Å². The predicted octanol–water partition coefficient (Wildman–Crippen LogP) is 4.78. The molecule has 3 rings (SSSR count). The maximum atomic E-state index is 10.9. The molecule has 1 aromatic carbocycles. The highest BCUT2D eigenvalue weighted by molar-refractivity contribution is 7.17. The van der Waals surface area contributed by atoms with Crippen LogP contribution in [0, 0.1) is 0 Å². The maximum absolute atomic E-state index is 10.9. The number of fused-ring (bicyclic) bond motifs is 1. The van der Waals surface area contributed by atoms with Crippen LogP contribution in [0.1, 0.15) is 45.1 Å². The molecule has 7 heteroatoms. The van der Waals surface area contributed by atoms with Gasteiger partial charge in [-0.2, -0.15) is 0 Å². The third-order valence-corrected chi connectivity index (χ3v) is 5.31. The molecule has 0 amide bonds. The average Bonchev–Trinajstić information content (AvgIpc) is 3.13.